The van der Waals surface area contributed by atoms with Gasteiger partial charge in [-0.1, -0.05) is 36.8 Å². The van der Waals surface area contributed by atoms with Gasteiger partial charge in [-0.25, -0.2) is 0 Å². The fourth-order valence-corrected chi connectivity index (χ4v) is 3.57. The van der Waals surface area contributed by atoms with Gasteiger partial charge in [0, 0.05) is 19.1 Å². The number of likely N-dealkylation sites (tertiary alicyclic amines) is 1. The summed E-state index contributed by atoms with van der Waals surface area (Å²) in [4.78, 5) is 14.7. The predicted octanol–water partition coefficient (Wildman–Crippen LogP) is 1.91. The van der Waals surface area contributed by atoms with Crippen molar-refractivity contribution < 1.29 is 4.79 Å². The molecule has 0 spiro atoms. The third kappa shape index (κ3) is 4.08. The van der Waals surface area contributed by atoms with Crippen LogP contribution in [-0.2, 0) is 11.3 Å². The van der Waals surface area contributed by atoms with Crippen molar-refractivity contribution in [2.45, 2.75) is 50.7 Å². The molecule has 0 saturated carbocycles. The number of benzene rings is 1. The molecule has 1 unspecified atom stereocenters. The Hall–Kier alpha value is -1.39. The van der Waals surface area contributed by atoms with E-state index >= 15 is 0 Å². The summed E-state index contributed by atoms with van der Waals surface area (Å²) in [6, 6.07) is 11.1. The van der Waals surface area contributed by atoms with E-state index in [9.17, 15) is 4.79 Å². The zero-order valence-electron chi connectivity index (χ0n) is 13.3. The highest BCUT2D eigenvalue weighted by atomic mass is 16.2. The summed E-state index contributed by atoms with van der Waals surface area (Å²) < 4.78 is 0. The lowest BCUT2D eigenvalue weighted by molar-refractivity contribution is -0.123. The molecule has 1 aromatic carbocycles. The molecule has 120 valence electrons. The summed E-state index contributed by atoms with van der Waals surface area (Å²) >= 11 is 0. The second-order valence-electron chi connectivity index (χ2n) is 6.50. The van der Waals surface area contributed by atoms with Crippen molar-refractivity contribution in [3.05, 3.63) is 35.9 Å². The minimum absolute atomic E-state index is 0.0257. The summed E-state index contributed by atoms with van der Waals surface area (Å²) in [6.07, 6.45) is 5.75. The normalized spacial score (nSPS) is 26.0. The van der Waals surface area contributed by atoms with Crippen LogP contribution in [0.25, 0.3) is 0 Å². The molecule has 2 aliphatic heterocycles. The first kappa shape index (κ1) is 15.5. The Labute approximate surface area is 133 Å². The Morgan fingerprint density at radius 1 is 1.18 bits per heavy atom. The SMILES string of the molecule is O=C(NCC1CCCN1Cc1ccccc1)[C@H]1CCCCN1. The number of amides is 1. The topological polar surface area (TPSA) is 44.4 Å². The Morgan fingerprint density at radius 2 is 2.05 bits per heavy atom. The van der Waals surface area contributed by atoms with Crippen molar-refractivity contribution in [2.24, 2.45) is 0 Å². The highest BCUT2D eigenvalue weighted by Gasteiger charge is 2.26. The van der Waals surface area contributed by atoms with E-state index in [1.807, 2.05) is 0 Å². The van der Waals surface area contributed by atoms with Gasteiger partial charge >= 0.3 is 0 Å². The van der Waals surface area contributed by atoms with E-state index in [1.165, 1.54) is 24.8 Å². The zero-order valence-corrected chi connectivity index (χ0v) is 13.3. The summed E-state index contributed by atoms with van der Waals surface area (Å²) in [5.74, 6) is 0.186. The van der Waals surface area contributed by atoms with Crippen LogP contribution < -0.4 is 10.6 Å². The van der Waals surface area contributed by atoms with Crippen molar-refractivity contribution in [3.8, 4) is 0 Å². The van der Waals surface area contributed by atoms with E-state index in [1.54, 1.807) is 0 Å². The van der Waals surface area contributed by atoms with Crippen LogP contribution in [0, 0.1) is 0 Å². The van der Waals surface area contributed by atoms with Crippen molar-refractivity contribution in [1.29, 1.82) is 0 Å². The Balaban J connectivity index is 1.47. The molecule has 0 aliphatic carbocycles. The average Bonchev–Trinajstić information content (AvgIpc) is 3.01. The fourth-order valence-electron chi connectivity index (χ4n) is 3.57. The molecule has 2 aliphatic rings. The van der Waals surface area contributed by atoms with Crippen molar-refractivity contribution in [1.82, 2.24) is 15.5 Å². The van der Waals surface area contributed by atoms with Gasteiger partial charge in [0.25, 0.3) is 0 Å². The molecular weight excluding hydrogens is 274 g/mol. The zero-order chi connectivity index (χ0) is 15.2. The van der Waals surface area contributed by atoms with E-state index in [0.717, 1.165) is 39.0 Å². The van der Waals surface area contributed by atoms with Gasteiger partial charge in [0.15, 0.2) is 0 Å². The second kappa shape index (κ2) is 7.75. The van der Waals surface area contributed by atoms with Crippen LogP contribution in [0.4, 0.5) is 0 Å². The first-order valence-corrected chi connectivity index (χ1v) is 8.62. The van der Waals surface area contributed by atoms with E-state index < -0.39 is 0 Å². The quantitative estimate of drug-likeness (QED) is 0.873. The highest BCUT2D eigenvalue weighted by molar-refractivity contribution is 5.81. The number of nitrogens with zero attached hydrogens (tertiary/aromatic N) is 1. The molecule has 0 aromatic heterocycles. The van der Waals surface area contributed by atoms with Crippen LogP contribution in [0.3, 0.4) is 0 Å². The number of piperidine rings is 1. The van der Waals surface area contributed by atoms with Crippen LogP contribution in [0.15, 0.2) is 30.3 Å². The fraction of sp³-hybridized carbons (Fsp3) is 0.611. The van der Waals surface area contributed by atoms with Crippen LogP contribution in [-0.4, -0.2) is 42.5 Å². The molecular formula is C18H27N3O. The first-order valence-electron chi connectivity index (χ1n) is 8.62. The molecule has 3 rings (SSSR count). The number of rotatable bonds is 5. The Bertz CT molecular complexity index is 470. The number of nitrogens with one attached hydrogen (secondary N) is 2. The van der Waals surface area contributed by atoms with E-state index in [-0.39, 0.29) is 11.9 Å². The minimum Gasteiger partial charge on any atom is -0.353 e. The van der Waals surface area contributed by atoms with Gasteiger partial charge in [0.05, 0.1) is 6.04 Å². The maximum atomic E-state index is 12.2. The Morgan fingerprint density at radius 3 is 2.82 bits per heavy atom. The van der Waals surface area contributed by atoms with Gasteiger partial charge in [-0.2, -0.15) is 0 Å². The highest BCUT2D eigenvalue weighted by Crippen LogP contribution is 2.19. The molecule has 0 bridgehead atoms. The molecule has 2 fully saturated rings. The van der Waals surface area contributed by atoms with Crippen LogP contribution >= 0.6 is 0 Å². The van der Waals surface area contributed by atoms with Gasteiger partial charge in [-0.05, 0) is 44.3 Å². The lowest BCUT2D eigenvalue weighted by Crippen LogP contribution is -2.49. The summed E-state index contributed by atoms with van der Waals surface area (Å²) in [5, 5.41) is 6.49. The predicted molar refractivity (Wildman–Crippen MR) is 88.5 cm³/mol. The van der Waals surface area contributed by atoms with Gasteiger partial charge in [0.1, 0.15) is 0 Å². The molecule has 1 aromatic rings. The summed E-state index contributed by atoms with van der Waals surface area (Å²) in [7, 11) is 0. The third-order valence-electron chi connectivity index (χ3n) is 4.87. The van der Waals surface area contributed by atoms with Crippen molar-refractivity contribution >= 4 is 5.91 Å². The monoisotopic (exact) mass is 301 g/mol. The lowest BCUT2D eigenvalue weighted by Gasteiger charge is -2.27. The molecule has 2 N–H and O–H groups in total. The second-order valence-corrected chi connectivity index (χ2v) is 6.50. The molecule has 1 amide bonds. The maximum Gasteiger partial charge on any atom is 0.237 e. The number of hydrogen-bond donors (Lipinski definition) is 2. The van der Waals surface area contributed by atoms with E-state index in [4.69, 9.17) is 0 Å². The lowest BCUT2D eigenvalue weighted by atomic mass is 10.0. The molecule has 2 heterocycles. The number of carbonyl (C=O) groups is 1. The van der Waals surface area contributed by atoms with Crippen molar-refractivity contribution in [3.63, 3.8) is 0 Å². The van der Waals surface area contributed by atoms with Gasteiger partial charge in [-0.3, -0.25) is 9.69 Å². The molecule has 2 atom stereocenters. The van der Waals surface area contributed by atoms with Crippen LogP contribution in [0.1, 0.15) is 37.7 Å². The molecule has 22 heavy (non-hydrogen) atoms. The number of hydrogen-bond acceptors (Lipinski definition) is 3. The number of carbonyl (C=O) groups excluding carboxylic acids is 1. The molecule has 2 saturated heterocycles. The first-order chi connectivity index (χ1) is 10.8. The van der Waals surface area contributed by atoms with Gasteiger partial charge in [0.2, 0.25) is 5.91 Å². The van der Waals surface area contributed by atoms with Gasteiger partial charge < -0.3 is 10.6 Å². The third-order valence-corrected chi connectivity index (χ3v) is 4.87. The Kier molecular flexibility index (Phi) is 5.46. The smallest absolute Gasteiger partial charge is 0.237 e. The maximum absolute atomic E-state index is 12.2. The van der Waals surface area contributed by atoms with E-state index in [2.05, 4.69) is 45.9 Å². The summed E-state index contributed by atoms with van der Waals surface area (Å²) in [6.45, 7) is 3.88. The molecule has 4 nitrogen and oxygen atoms in total. The molecule has 0 radical (unpaired) electrons. The molecule has 4 heteroatoms. The van der Waals surface area contributed by atoms with Crippen LogP contribution in [0.2, 0.25) is 0 Å². The average molecular weight is 301 g/mol. The van der Waals surface area contributed by atoms with Gasteiger partial charge in [-0.15, -0.1) is 0 Å². The largest absolute Gasteiger partial charge is 0.353 e. The summed E-state index contributed by atoms with van der Waals surface area (Å²) in [5.41, 5.74) is 1.36. The minimum atomic E-state index is 0.0257. The van der Waals surface area contributed by atoms with E-state index in [0.29, 0.717) is 6.04 Å². The van der Waals surface area contributed by atoms with Crippen molar-refractivity contribution in [2.75, 3.05) is 19.6 Å². The van der Waals surface area contributed by atoms with Crippen LogP contribution in [0.5, 0.6) is 0 Å². The standard InChI is InChI=1S/C18H27N3O/c22-18(17-10-4-5-11-19-17)20-13-16-9-6-12-21(16)14-15-7-2-1-3-8-15/h1-3,7-8,16-17,19H,4-6,9-14H2,(H,20,22)/t16?,17-/m1/s1.